The zero-order valence-corrected chi connectivity index (χ0v) is 11.8. The monoisotopic (exact) mass is 291 g/mol. The van der Waals surface area contributed by atoms with Crippen molar-refractivity contribution < 1.29 is 19.1 Å². The van der Waals surface area contributed by atoms with Gasteiger partial charge in [0.05, 0.1) is 22.5 Å². The van der Waals surface area contributed by atoms with Crippen LogP contribution in [-0.4, -0.2) is 45.4 Å². The van der Waals surface area contributed by atoms with E-state index in [2.05, 4.69) is 9.97 Å². The number of likely N-dealkylation sites (N-methyl/N-ethyl adjacent to an activating group) is 1. The van der Waals surface area contributed by atoms with Crippen LogP contribution in [0.1, 0.15) is 21.7 Å². The second-order valence-electron chi connectivity index (χ2n) is 4.77. The molecule has 110 valence electrons. The number of hydrogen-bond acceptors (Lipinski definition) is 4. The molecule has 0 bridgehead atoms. The Balaban J connectivity index is 2.59. The first-order valence-corrected chi connectivity index (χ1v) is 6.21. The third kappa shape index (κ3) is 2.96. The highest BCUT2D eigenvalue weighted by atomic mass is 19.1. The van der Waals surface area contributed by atoms with Crippen LogP contribution in [-0.2, 0) is 4.79 Å². The van der Waals surface area contributed by atoms with Crippen molar-refractivity contribution in [2.75, 3.05) is 13.6 Å². The summed E-state index contributed by atoms with van der Waals surface area (Å²) in [5.74, 6) is -2.38. The lowest BCUT2D eigenvalue weighted by Gasteiger charge is -2.16. The molecule has 0 aliphatic heterocycles. The van der Waals surface area contributed by atoms with Crippen molar-refractivity contribution in [3.05, 3.63) is 34.9 Å². The van der Waals surface area contributed by atoms with E-state index in [4.69, 9.17) is 5.11 Å². The predicted molar refractivity (Wildman–Crippen MR) is 73.6 cm³/mol. The van der Waals surface area contributed by atoms with Crippen LogP contribution in [0.4, 0.5) is 4.39 Å². The van der Waals surface area contributed by atoms with Gasteiger partial charge in [0.1, 0.15) is 17.9 Å². The summed E-state index contributed by atoms with van der Waals surface area (Å²) in [5, 5.41) is 8.73. The van der Waals surface area contributed by atoms with Crippen LogP contribution in [0.15, 0.2) is 12.1 Å². The number of aliphatic carboxylic acids is 1. The fourth-order valence-electron chi connectivity index (χ4n) is 1.94. The van der Waals surface area contributed by atoms with Gasteiger partial charge in [-0.25, -0.2) is 14.4 Å². The Morgan fingerprint density at radius 2 is 1.86 bits per heavy atom. The molecule has 0 saturated heterocycles. The maximum absolute atomic E-state index is 13.7. The van der Waals surface area contributed by atoms with Crippen LogP contribution in [0.5, 0.6) is 0 Å². The average molecular weight is 291 g/mol. The maximum atomic E-state index is 13.7. The molecule has 1 N–H and O–H groups in total. The number of carboxylic acids is 1. The van der Waals surface area contributed by atoms with Gasteiger partial charge < -0.3 is 10.0 Å². The van der Waals surface area contributed by atoms with Gasteiger partial charge in [0, 0.05) is 13.1 Å². The average Bonchev–Trinajstić information content (AvgIpc) is 2.38. The van der Waals surface area contributed by atoms with Crippen LogP contribution in [0.2, 0.25) is 0 Å². The number of halogens is 1. The molecule has 2 rings (SSSR count). The first kappa shape index (κ1) is 14.8. The van der Waals surface area contributed by atoms with E-state index in [1.165, 1.54) is 13.1 Å². The molecule has 1 aromatic carbocycles. The Morgan fingerprint density at radius 3 is 2.48 bits per heavy atom. The minimum atomic E-state index is -1.15. The van der Waals surface area contributed by atoms with E-state index in [0.29, 0.717) is 11.4 Å². The predicted octanol–water partition coefficient (Wildman–Crippen LogP) is 1.54. The van der Waals surface area contributed by atoms with Gasteiger partial charge in [-0.15, -0.1) is 0 Å². The van der Waals surface area contributed by atoms with Crippen LogP contribution < -0.4 is 0 Å². The van der Waals surface area contributed by atoms with Crippen molar-refractivity contribution in [3.8, 4) is 0 Å². The van der Waals surface area contributed by atoms with Crippen molar-refractivity contribution in [3.63, 3.8) is 0 Å². The smallest absolute Gasteiger partial charge is 0.323 e. The van der Waals surface area contributed by atoms with Gasteiger partial charge in [0.2, 0.25) is 0 Å². The number of amides is 1. The molecule has 0 fully saturated rings. The molecule has 0 aliphatic rings. The quantitative estimate of drug-likeness (QED) is 0.927. The van der Waals surface area contributed by atoms with E-state index in [-0.39, 0.29) is 16.6 Å². The lowest BCUT2D eigenvalue weighted by Crippen LogP contribution is -2.32. The number of aromatic nitrogens is 2. The van der Waals surface area contributed by atoms with Crippen LogP contribution in [0.25, 0.3) is 11.0 Å². The molecule has 0 saturated carbocycles. The molecule has 0 unspecified atom stereocenters. The number of carbonyl (C=O) groups is 2. The molecule has 0 aliphatic carbocycles. The van der Waals surface area contributed by atoms with E-state index < -0.39 is 24.2 Å². The Kier molecular flexibility index (Phi) is 3.84. The summed E-state index contributed by atoms with van der Waals surface area (Å²) in [6.45, 7) is 3.00. The number of hydrogen-bond donors (Lipinski definition) is 1. The second kappa shape index (κ2) is 5.43. The van der Waals surface area contributed by atoms with Crippen LogP contribution in [0, 0.1) is 19.7 Å². The summed E-state index contributed by atoms with van der Waals surface area (Å²) < 4.78 is 13.7. The van der Waals surface area contributed by atoms with E-state index in [9.17, 15) is 14.0 Å². The Bertz CT molecular complexity index is 746. The fraction of sp³-hybridized carbons (Fsp3) is 0.286. The normalized spacial score (nSPS) is 10.7. The third-order valence-corrected chi connectivity index (χ3v) is 3.10. The highest BCUT2D eigenvalue weighted by Gasteiger charge is 2.20. The SMILES string of the molecule is Cc1nc2cc(F)cc(C(=O)N(C)CC(=O)O)c2nc1C. The number of aryl methyl sites for hydroxylation is 2. The molecule has 1 aromatic heterocycles. The van der Waals surface area contributed by atoms with E-state index in [0.717, 1.165) is 11.0 Å². The first-order chi connectivity index (χ1) is 9.79. The fourth-order valence-corrected chi connectivity index (χ4v) is 1.94. The van der Waals surface area contributed by atoms with Gasteiger partial charge in [-0.2, -0.15) is 0 Å². The largest absolute Gasteiger partial charge is 0.480 e. The number of rotatable bonds is 3. The summed E-state index contributed by atoms with van der Waals surface area (Å²) >= 11 is 0. The molecule has 0 atom stereocenters. The third-order valence-electron chi connectivity index (χ3n) is 3.10. The Labute approximate surface area is 120 Å². The summed E-state index contributed by atoms with van der Waals surface area (Å²) in [5.41, 5.74) is 1.81. The minimum absolute atomic E-state index is 0.00403. The lowest BCUT2D eigenvalue weighted by molar-refractivity contribution is -0.137. The topological polar surface area (TPSA) is 83.4 Å². The van der Waals surface area contributed by atoms with Gasteiger partial charge in [-0.3, -0.25) is 9.59 Å². The second-order valence-corrected chi connectivity index (χ2v) is 4.77. The summed E-state index contributed by atoms with van der Waals surface area (Å²) in [7, 11) is 1.33. The van der Waals surface area contributed by atoms with E-state index in [1.807, 2.05) is 0 Å². The molecule has 0 spiro atoms. The molecular weight excluding hydrogens is 277 g/mol. The van der Waals surface area contributed by atoms with Crippen molar-refractivity contribution in [2.24, 2.45) is 0 Å². The van der Waals surface area contributed by atoms with Gasteiger partial charge in [0.15, 0.2) is 0 Å². The van der Waals surface area contributed by atoms with E-state index in [1.54, 1.807) is 13.8 Å². The molecule has 21 heavy (non-hydrogen) atoms. The zero-order chi connectivity index (χ0) is 15.7. The highest BCUT2D eigenvalue weighted by Crippen LogP contribution is 2.20. The highest BCUT2D eigenvalue weighted by molar-refractivity contribution is 6.05. The number of fused-ring (bicyclic) bond motifs is 1. The Morgan fingerprint density at radius 1 is 1.24 bits per heavy atom. The lowest BCUT2D eigenvalue weighted by atomic mass is 10.1. The van der Waals surface area contributed by atoms with Crippen molar-refractivity contribution in [2.45, 2.75) is 13.8 Å². The number of carbonyl (C=O) groups excluding carboxylic acids is 1. The van der Waals surface area contributed by atoms with E-state index >= 15 is 0 Å². The van der Waals surface area contributed by atoms with Crippen LogP contribution >= 0.6 is 0 Å². The molecular formula is C14H14FN3O3. The van der Waals surface area contributed by atoms with Gasteiger partial charge in [-0.05, 0) is 19.9 Å². The van der Waals surface area contributed by atoms with Gasteiger partial charge in [-0.1, -0.05) is 0 Å². The molecule has 2 aromatic rings. The summed E-state index contributed by atoms with van der Waals surface area (Å²) in [6, 6.07) is 2.25. The molecule has 6 nitrogen and oxygen atoms in total. The first-order valence-electron chi connectivity index (χ1n) is 6.21. The van der Waals surface area contributed by atoms with Crippen LogP contribution in [0.3, 0.4) is 0 Å². The van der Waals surface area contributed by atoms with Crippen molar-refractivity contribution >= 4 is 22.9 Å². The van der Waals surface area contributed by atoms with Crippen molar-refractivity contribution in [1.82, 2.24) is 14.9 Å². The van der Waals surface area contributed by atoms with Gasteiger partial charge in [0.25, 0.3) is 5.91 Å². The Hall–Kier alpha value is -2.57. The molecule has 1 amide bonds. The molecule has 0 radical (unpaired) electrons. The minimum Gasteiger partial charge on any atom is -0.480 e. The standard InChI is InChI=1S/C14H14FN3O3/c1-7-8(2)17-13-10(4-9(15)5-11(13)16-7)14(21)18(3)6-12(19)20/h4-5H,6H2,1-3H3,(H,19,20). The zero-order valence-electron chi connectivity index (χ0n) is 11.8. The number of nitrogens with zero attached hydrogens (tertiary/aromatic N) is 3. The molecule has 7 heteroatoms. The number of benzene rings is 1. The maximum Gasteiger partial charge on any atom is 0.323 e. The summed E-state index contributed by atoms with van der Waals surface area (Å²) in [6.07, 6.45) is 0. The van der Waals surface area contributed by atoms with Crippen molar-refractivity contribution in [1.29, 1.82) is 0 Å². The van der Waals surface area contributed by atoms with Gasteiger partial charge >= 0.3 is 5.97 Å². The number of carboxylic acid groups (broad SMARTS) is 1. The summed E-state index contributed by atoms with van der Waals surface area (Å²) in [4.78, 5) is 32.4. The molecule has 1 heterocycles.